The number of Topliss-reactive ketones (excluding diaryl/α,β-unsaturated/α-hetero) is 1. The van der Waals surface area contributed by atoms with Crippen molar-refractivity contribution >= 4 is 52.3 Å². The average molecular weight is 397 g/mol. The zero-order chi connectivity index (χ0) is 18.4. The highest BCUT2D eigenvalue weighted by Crippen LogP contribution is 2.35. The maximum atomic E-state index is 12.8. The fourth-order valence-electron chi connectivity index (χ4n) is 2.72. The van der Waals surface area contributed by atoms with Crippen LogP contribution in [-0.2, 0) is 10.3 Å². The highest BCUT2D eigenvalue weighted by atomic mass is 35.5. The number of aryl methyl sites for hydroxylation is 1. The summed E-state index contributed by atoms with van der Waals surface area (Å²) in [4.78, 5) is 39.9. The van der Waals surface area contributed by atoms with E-state index in [1.54, 1.807) is 25.1 Å². The van der Waals surface area contributed by atoms with Gasteiger partial charge in [0.1, 0.15) is 5.54 Å². The van der Waals surface area contributed by atoms with E-state index in [9.17, 15) is 14.4 Å². The van der Waals surface area contributed by atoms with Crippen molar-refractivity contribution in [3.8, 4) is 0 Å². The van der Waals surface area contributed by atoms with Gasteiger partial charge in [-0.2, -0.15) is 0 Å². The first kappa shape index (κ1) is 17.9. The number of nitrogens with one attached hydrogen (secondary N) is 1. The summed E-state index contributed by atoms with van der Waals surface area (Å²) in [5.74, 6) is -0.809. The predicted octanol–water partition coefficient (Wildman–Crippen LogP) is 4.01. The van der Waals surface area contributed by atoms with Crippen LogP contribution in [0.15, 0.2) is 30.3 Å². The molecule has 130 valence electrons. The molecule has 0 saturated carbocycles. The van der Waals surface area contributed by atoms with E-state index in [1.165, 1.54) is 17.4 Å². The van der Waals surface area contributed by atoms with Crippen LogP contribution >= 0.6 is 34.5 Å². The van der Waals surface area contributed by atoms with Crippen LogP contribution in [-0.4, -0.2) is 29.2 Å². The molecule has 0 spiro atoms. The highest BCUT2D eigenvalue weighted by Gasteiger charge is 2.50. The predicted molar refractivity (Wildman–Crippen MR) is 97.4 cm³/mol. The maximum Gasteiger partial charge on any atom is 0.325 e. The van der Waals surface area contributed by atoms with Crippen molar-refractivity contribution in [2.24, 2.45) is 0 Å². The molecule has 1 aliphatic rings. The van der Waals surface area contributed by atoms with Crippen LogP contribution in [0, 0.1) is 6.92 Å². The van der Waals surface area contributed by atoms with Crippen LogP contribution in [0.5, 0.6) is 0 Å². The number of rotatable bonds is 4. The second-order valence-electron chi connectivity index (χ2n) is 5.90. The first-order chi connectivity index (χ1) is 11.7. The van der Waals surface area contributed by atoms with Gasteiger partial charge in [0.25, 0.3) is 5.91 Å². The van der Waals surface area contributed by atoms with Gasteiger partial charge >= 0.3 is 6.03 Å². The lowest BCUT2D eigenvalue weighted by atomic mass is 9.92. The highest BCUT2D eigenvalue weighted by molar-refractivity contribution is 7.14. The number of carbonyl (C=O) groups is 3. The molecule has 1 aromatic heterocycles. The lowest BCUT2D eigenvalue weighted by molar-refractivity contribution is -0.130. The number of benzene rings is 1. The minimum Gasteiger partial charge on any atom is -0.319 e. The van der Waals surface area contributed by atoms with Gasteiger partial charge in [-0.05, 0) is 38.1 Å². The van der Waals surface area contributed by atoms with E-state index < -0.39 is 17.5 Å². The van der Waals surface area contributed by atoms with Crippen LogP contribution in [0.1, 0.15) is 27.0 Å². The Morgan fingerprint density at radius 2 is 1.96 bits per heavy atom. The number of imide groups is 1. The molecule has 2 heterocycles. The van der Waals surface area contributed by atoms with E-state index in [0.29, 0.717) is 15.5 Å². The Kier molecular flexibility index (Phi) is 4.62. The summed E-state index contributed by atoms with van der Waals surface area (Å²) in [5.41, 5.74) is -0.913. The molecule has 3 amide bonds. The number of halogens is 2. The van der Waals surface area contributed by atoms with Gasteiger partial charge in [0, 0.05) is 20.5 Å². The van der Waals surface area contributed by atoms with Crippen molar-refractivity contribution in [2.45, 2.75) is 19.4 Å². The summed E-state index contributed by atoms with van der Waals surface area (Å²) in [6, 6.07) is 7.58. The zero-order valence-corrected chi connectivity index (χ0v) is 15.8. The minimum atomic E-state index is -1.34. The summed E-state index contributed by atoms with van der Waals surface area (Å²) in [6.07, 6.45) is 0. The molecule has 1 atom stereocenters. The smallest absolute Gasteiger partial charge is 0.319 e. The van der Waals surface area contributed by atoms with Crippen LogP contribution in [0.4, 0.5) is 4.79 Å². The monoisotopic (exact) mass is 396 g/mol. The van der Waals surface area contributed by atoms with Crippen molar-refractivity contribution in [1.82, 2.24) is 10.2 Å². The summed E-state index contributed by atoms with van der Waals surface area (Å²) < 4.78 is 0. The van der Waals surface area contributed by atoms with Crippen molar-refractivity contribution in [3.63, 3.8) is 0 Å². The van der Waals surface area contributed by atoms with Gasteiger partial charge in [0.15, 0.2) is 5.78 Å². The Hall–Kier alpha value is -1.89. The molecule has 1 saturated heterocycles. The minimum absolute atomic E-state index is 0.269. The van der Waals surface area contributed by atoms with E-state index in [-0.39, 0.29) is 17.4 Å². The number of thiophene rings is 1. The van der Waals surface area contributed by atoms with E-state index in [1.807, 2.05) is 13.0 Å². The lowest BCUT2D eigenvalue weighted by Gasteiger charge is -2.23. The standard InChI is InChI=1S/C17H14Cl2N2O3S/c1-9-3-6-14(25-9)13(22)8-21-15(23)17(2,20-16(21)24)11-5-4-10(18)7-12(11)19/h3-7H,8H2,1-2H3,(H,20,24)/t17-/m0/s1. The number of hydrogen-bond acceptors (Lipinski definition) is 4. The topological polar surface area (TPSA) is 66.5 Å². The number of amides is 3. The lowest BCUT2D eigenvalue weighted by Crippen LogP contribution is -2.41. The summed E-state index contributed by atoms with van der Waals surface area (Å²) in [7, 11) is 0. The number of nitrogens with zero attached hydrogens (tertiary/aromatic N) is 1. The van der Waals surface area contributed by atoms with Crippen molar-refractivity contribution in [3.05, 3.63) is 55.7 Å². The number of urea groups is 1. The summed E-state index contributed by atoms with van der Waals surface area (Å²) in [5, 5.41) is 3.32. The molecule has 25 heavy (non-hydrogen) atoms. The first-order valence-corrected chi connectivity index (χ1v) is 8.99. The number of ketones is 1. The molecule has 0 unspecified atom stereocenters. The molecule has 1 aromatic carbocycles. The largest absolute Gasteiger partial charge is 0.325 e. The fourth-order valence-corrected chi connectivity index (χ4v) is 4.12. The fraction of sp³-hybridized carbons (Fsp3) is 0.235. The summed E-state index contributed by atoms with van der Waals surface area (Å²) in [6.45, 7) is 3.13. The van der Waals surface area contributed by atoms with Gasteiger partial charge in [-0.1, -0.05) is 29.3 Å². The number of hydrogen-bond donors (Lipinski definition) is 1. The van der Waals surface area contributed by atoms with E-state index in [4.69, 9.17) is 23.2 Å². The first-order valence-electron chi connectivity index (χ1n) is 7.41. The molecule has 8 heteroatoms. The Morgan fingerprint density at radius 1 is 1.24 bits per heavy atom. The van der Waals surface area contributed by atoms with Crippen LogP contribution in [0.3, 0.4) is 0 Å². The van der Waals surface area contributed by atoms with Gasteiger partial charge in [0.05, 0.1) is 11.4 Å². The van der Waals surface area contributed by atoms with Crippen molar-refractivity contribution in [2.75, 3.05) is 6.54 Å². The molecule has 1 fully saturated rings. The van der Waals surface area contributed by atoms with Crippen LogP contribution in [0.25, 0.3) is 0 Å². The zero-order valence-electron chi connectivity index (χ0n) is 13.4. The molecular formula is C17H14Cl2N2O3S. The molecule has 3 rings (SSSR count). The third kappa shape index (κ3) is 3.17. The van der Waals surface area contributed by atoms with Gasteiger partial charge in [-0.3, -0.25) is 14.5 Å². The second-order valence-corrected chi connectivity index (χ2v) is 8.04. The molecular weight excluding hydrogens is 383 g/mol. The molecule has 1 aliphatic heterocycles. The van der Waals surface area contributed by atoms with Crippen molar-refractivity contribution < 1.29 is 14.4 Å². The SMILES string of the molecule is Cc1ccc(C(=O)CN2C(=O)N[C@@](C)(c3ccc(Cl)cc3Cl)C2=O)s1. The normalized spacial score (nSPS) is 20.1. The third-order valence-corrected chi connectivity index (χ3v) is 5.65. The van der Waals surface area contributed by atoms with E-state index in [2.05, 4.69) is 5.32 Å². The maximum absolute atomic E-state index is 12.8. The van der Waals surface area contributed by atoms with E-state index >= 15 is 0 Å². The molecule has 1 N–H and O–H groups in total. The van der Waals surface area contributed by atoms with Gasteiger partial charge in [-0.25, -0.2) is 4.79 Å². The summed E-state index contributed by atoms with van der Waals surface area (Å²) >= 11 is 13.4. The molecule has 5 nitrogen and oxygen atoms in total. The number of carbonyl (C=O) groups excluding carboxylic acids is 3. The Morgan fingerprint density at radius 3 is 2.56 bits per heavy atom. The molecule has 0 aliphatic carbocycles. The van der Waals surface area contributed by atoms with Crippen molar-refractivity contribution in [1.29, 1.82) is 0 Å². The quantitative estimate of drug-likeness (QED) is 0.626. The van der Waals surface area contributed by atoms with Gasteiger partial charge in [-0.15, -0.1) is 11.3 Å². The van der Waals surface area contributed by atoms with Gasteiger partial charge in [0.2, 0.25) is 0 Å². The van der Waals surface area contributed by atoms with E-state index in [0.717, 1.165) is 9.78 Å². The Bertz CT molecular complexity index is 896. The molecule has 2 aromatic rings. The third-order valence-electron chi connectivity index (χ3n) is 4.06. The average Bonchev–Trinajstić information content (AvgIpc) is 3.05. The Labute approximate surface area is 158 Å². The Balaban J connectivity index is 1.88. The molecule has 0 radical (unpaired) electrons. The van der Waals surface area contributed by atoms with Crippen LogP contribution < -0.4 is 5.32 Å². The second kappa shape index (κ2) is 6.44. The molecule has 0 bridgehead atoms. The van der Waals surface area contributed by atoms with Gasteiger partial charge < -0.3 is 5.32 Å². The van der Waals surface area contributed by atoms with Crippen LogP contribution in [0.2, 0.25) is 10.0 Å².